The number of hydrogen-bond acceptors (Lipinski definition) is 5. The molecule has 3 rings (SSSR count). The van der Waals surface area contributed by atoms with E-state index < -0.39 is 12.0 Å². The molecule has 28 heavy (non-hydrogen) atoms. The average Bonchev–Trinajstić information content (AvgIpc) is 2.76. The third-order valence-electron chi connectivity index (χ3n) is 5.29. The molecule has 0 aromatic heterocycles. The molecule has 0 saturated heterocycles. The van der Waals surface area contributed by atoms with Crippen LogP contribution in [-0.2, 0) is 20.9 Å². The number of hydrogen-bond donors (Lipinski definition) is 1. The van der Waals surface area contributed by atoms with Crippen molar-refractivity contribution in [3.05, 3.63) is 65.7 Å². The van der Waals surface area contributed by atoms with Crippen molar-refractivity contribution in [3.63, 3.8) is 0 Å². The molecule has 1 fully saturated rings. The lowest BCUT2D eigenvalue weighted by Gasteiger charge is -2.30. The number of carbonyl (C=O) groups excluding carboxylic acids is 1. The van der Waals surface area contributed by atoms with Gasteiger partial charge >= 0.3 is 5.97 Å². The van der Waals surface area contributed by atoms with Gasteiger partial charge in [0, 0.05) is 0 Å². The lowest BCUT2D eigenvalue weighted by Crippen LogP contribution is -2.38. The van der Waals surface area contributed by atoms with E-state index in [1.54, 1.807) is 0 Å². The Bertz CT molecular complexity index is 741. The summed E-state index contributed by atoms with van der Waals surface area (Å²) in [7, 11) is 1.34. The SMILES string of the molecule is COC(=O)C(N)COC1CCC(c2ccccc2OCc2ccccc2)CC1. The van der Waals surface area contributed by atoms with Crippen LogP contribution in [0.5, 0.6) is 5.75 Å². The fourth-order valence-electron chi connectivity index (χ4n) is 3.68. The second-order valence-electron chi connectivity index (χ2n) is 7.25. The molecule has 2 aromatic carbocycles. The maximum atomic E-state index is 11.4. The minimum atomic E-state index is -0.713. The van der Waals surface area contributed by atoms with Crippen molar-refractivity contribution in [1.29, 1.82) is 0 Å². The highest BCUT2D eigenvalue weighted by Gasteiger charge is 2.26. The van der Waals surface area contributed by atoms with E-state index in [0.717, 1.165) is 37.0 Å². The van der Waals surface area contributed by atoms with E-state index in [1.165, 1.54) is 12.7 Å². The van der Waals surface area contributed by atoms with Crippen LogP contribution in [0.1, 0.15) is 42.7 Å². The maximum Gasteiger partial charge on any atom is 0.325 e. The summed E-state index contributed by atoms with van der Waals surface area (Å²) in [4.78, 5) is 11.4. The van der Waals surface area contributed by atoms with Gasteiger partial charge in [0.25, 0.3) is 0 Å². The molecule has 0 radical (unpaired) electrons. The van der Waals surface area contributed by atoms with Crippen LogP contribution in [0, 0.1) is 0 Å². The van der Waals surface area contributed by atoms with Crippen molar-refractivity contribution in [2.75, 3.05) is 13.7 Å². The van der Waals surface area contributed by atoms with Gasteiger partial charge in [-0.2, -0.15) is 0 Å². The minimum absolute atomic E-state index is 0.143. The Labute approximate surface area is 166 Å². The number of ether oxygens (including phenoxy) is 3. The van der Waals surface area contributed by atoms with Crippen molar-refractivity contribution in [3.8, 4) is 5.75 Å². The van der Waals surface area contributed by atoms with Crippen molar-refractivity contribution >= 4 is 5.97 Å². The van der Waals surface area contributed by atoms with E-state index in [-0.39, 0.29) is 12.7 Å². The Hall–Kier alpha value is -2.37. The summed E-state index contributed by atoms with van der Waals surface area (Å²) < 4.78 is 16.6. The quantitative estimate of drug-likeness (QED) is 0.702. The zero-order valence-corrected chi connectivity index (χ0v) is 16.4. The molecule has 1 aliphatic rings. The first-order chi connectivity index (χ1) is 13.7. The summed E-state index contributed by atoms with van der Waals surface area (Å²) in [5.74, 6) is 0.989. The third kappa shape index (κ3) is 5.57. The predicted molar refractivity (Wildman–Crippen MR) is 108 cm³/mol. The Morgan fingerprint density at radius 3 is 2.43 bits per heavy atom. The molecular formula is C23H29NO4. The fourth-order valence-corrected chi connectivity index (χ4v) is 3.68. The van der Waals surface area contributed by atoms with Gasteiger partial charge in [0.05, 0.1) is 19.8 Å². The number of benzene rings is 2. The zero-order valence-electron chi connectivity index (χ0n) is 16.4. The molecule has 1 unspecified atom stereocenters. The lowest BCUT2D eigenvalue weighted by molar-refractivity contribution is -0.144. The molecule has 0 aliphatic heterocycles. The number of para-hydroxylation sites is 1. The van der Waals surface area contributed by atoms with Crippen molar-refractivity contribution in [2.24, 2.45) is 5.73 Å². The minimum Gasteiger partial charge on any atom is -0.489 e. The van der Waals surface area contributed by atoms with E-state index in [9.17, 15) is 4.79 Å². The first-order valence-corrected chi connectivity index (χ1v) is 9.88. The summed E-state index contributed by atoms with van der Waals surface area (Å²) in [5.41, 5.74) is 8.18. The van der Waals surface area contributed by atoms with E-state index in [4.69, 9.17) is 15.2 Å². The molecule has 0 bridgehead atoms. The first-order valence-electron chi connectivity index (χ1n) is 9.88. The molecule has 2 N–H and O–H groups in total. The molecule has 1 atom stereocenters. The standard InChI is InChI=1S/C23H29NO4/c1-26-23(25)21(24)16-27-19-13-11-18(12-14-19)20-9-5-6-10-22(20)28-15-17-7-3-2-4-8-17/h2-10,18-19,21H,11-16,24H2,1H3. The van der Waals surface area contributed by atoms with Crippen LogP contribution < -0.4 is 10.5 Å². The maximum absolute atomic E-state index is 11.4. The average molecular weight is 383 g/mol. The first kappa shape index (κ1) is 20.4. The second-order valence-corrected chi connectivity index (χ2v) is 7.25. The highest BCUT2D eigenvalue weighted by atomic mass is 16.5. The van der Waals surface area contributed by atoms with Crippen LogP contribution in [0.3, 0.4) is 0 Å². The molecule has 1 aliphatic carbocycles. The fraction of sp³-hybridized carbons (Fsp3) is 0.435. The number of carbonyl (C=O) groups is 1. The van der Waals surface area contributed by atoms with Gasteiger partial charge in [0.1, 0.15) is 18.4 Å². The Balaban J connectivity index is 1.52. The van der Waals surface area contributed by atoms with E-state index in [2.05, 4.69) is 35.1 Å². The van der Waals surface area contributed by atoms with Gasteiger partial charge in [-0.15, -0.1) is 0 Å². The number of esters is 1. The molecule has 5 heteroatoms. The number of rotatable bonds is 8. The molecule has 150 valence electrons. The number of nitrogens with two attached hydrogens (primary N) is 1. The van der Waals surface area contributed by atoms with E-state index in [0.29, 0.717) is 12.5 Å². The molecule has 2 aromatic rings. The molecule has 0 amide bonds. The van der Waals surface area contributed by atoms with Crippen molar-refractivity contribution in [1.82, 2.24) is 0 Å². The van der Waals surface area contributed by atoms with Crippen LogP contribution in [0.25, 0.3) is 0 Å². The Morgan fingerprint density at radius 1 is 1.04 bits per heavy atom. The van der Waals surface area contributed by atoms with Crippen molar-refractivity contribution in [2.45, 2.75) is 50.4 Å². The van der Waals surface area contributed by atoms with E-state index in [1.807, 2.05) is 24.3 Å². The lowest BCUT2D eigenvalue weighted by atomic mass is 9.82. The zero-order chi connectivity index (χ0) is 19.8. The van der Waals surface area contributed by atoms with Crippen molar-refractivity contribution < 1.29 is 19.0 Å². The third-order valence-corrected chi connectivity index (χ3v) is 5.29. The van der Waals surface area contributed by atoms with Crippen LogP contribution in [0.15, 0.2) is 54.6 Å². The molecule has 1 saturated carbocycles. The van der Waals surface area contributed by atoms with Gasteiger partial charge in [-0.25, -0.2) is 0 Å². The van der Waals surface area contributed by atoms with Gasteiger partial charge in [-0.3, -0.25) is 4.79 Å². The summed E-state index contributed by atoms with van der Waals surface area (Å²) in [6.07, 6.45) is 4.11. The summed E-state index contributed by atoms with van der Waals surface area (Å²) in [6.45, 7) is 0.778. The topological polar surface area (TPSA) is 70.8 Å². The second kappa shape index (κ2) is 10.2. The van der Waals surface area contributed by atoms with Gasteiger partial charge in [0.15, 0.2) is 0 Å². The normalized spacial score (nSPS) is 20.4. The Morgan fingerprint density at radius 2 is 1.71 bits per heavy atom. The van der Waals surface area contributed by atoms with Gasteiger partial charge in [-0.1, -0.05) is 48.5 Å². The van der Waals surface area contributed by atoms with E-state index >= 15 is 0 Å². The Kier molecular flexibility index (Phi) is 7.46. The van der Waals surface area contributed by atoms with Crippen LogP contribution in [0.2, 0.25) is 0 Å². The smallest absolute Gasteiger partial charge is 0.325 e. The highest BCUT2D eigenvalue weighted by Crippen LogP contribution is 2.38. The molecule has 0 heterocycles. The van der Waals surface area contributed by atoms with Gasteiger partial charge < -0.3 is 19.9 Å². The van der Waals surface area contributed by atoms with Crippen LogP contribution >= 0.6 is 0 Å². The molecule has 5 nitrogen and oxygen atoms in total. The monoisotopic (exact) mass is 383 g/mol. The highest BCUT2D eigenvalue weighted by molar-refractivity contribution is 5.75. The van der Waals surface area contributed by atoms with Crippen LogP contribution in [0.4, 0.5) is 0 Å². The predicted octanol–water partition coefficient (Wildman–Crippen LogP) is 3.81. The summed E-state index contributed by atoms with van der Waals surface area (Å²) in [5, 5.41) is 0. The summed E-state index contributed by atoms with van der Waals surface area (Å²) in [6, 6.07) is 17.8. The largest absolute Gasteiger partial charge is 0.489 e. The molecular weight excluding hydrogens is 354 g/mol. The van der Waals surface area contributed by atoms with Gasteiger partial charge in [0.2, 0.25) is 0 Å². The van der Waals surface area contributed by atoms with Crippen LogP contribution in [-0.4, -0.2) is 31.8 Å². The van der Waals surface area contributed by atoms with Gasteiger partial charge in [-0.05, 0) is 48.8 Å². The molecule has 0 spiro atoms. The number of methoxy groups -OCH3 is 1. The summed E-state index contributed by atoms with van der Waals surface area (Å²) >= 11 is 0.